The summed E-state index contributed by atoms with van der Waals surface area (Å²) in [7, 11) is 0. The van der Waals surface area contributed by atoms with Crippen molar-refractivity contribution in [3.63, 3.8) is 0 Å². The van der Waals surface area contributed by atoms with Gasteiger partial charge >= 0.3 is 0 Å². The highest BCUT2D eigenvalue weighted by Gasteiger charge is 2.34. The van der Waals surface area contributed by atoms with Crippen molar-refractivity contribution >= 4 is 5.78 Å². The molecule has 0 spiro atoms. The fraction of sp³-hybridized carbons (Fsp3) is 0.875. The van der Waals surface area contributed by atoms with Crippen molar-refractivity contribution in [2.45, 2.75) is 38.7 Å². The lowest BCUT2D eigenvalue weighted by molar-refractivity contribution is -0.140. The van der Waals surface area contributed by atoms with Crippen LogP contribution in [0.2, 0.25) is 0 Å². The van der Waals surface area contributed by atoms with Crippen LogP contribution in [-0.2, 0) is 4.79 Å². The van der Waals surface area contributed by atoms with Crippen LogP contribution in [0.5, 0.6) is 0 Å². The highest BCUT2D eigenvalue weighted by atomic mass is 16.3. The molecule has 1 rings (SSSR count). The Hall–Kier alpha value is -0.370. The van der Waals surface area contributed by atoms with E-state index in [2.05, 4.69) is 0 Å². The summed E-state index contributed by atoms with van der Waals surface area (Å²) in [5.74, 6) is 0.166. The quantitative estimate of drug-likeness (QED) is 0.627. The van der Waals surface area contributed by atoms with Gasteiger partial charge in [0.2, 0.25) is 0 Å². The fourth-order valence-electron chi connectivity index (χ4n) is 1.17. The van der Waals surface area contributed by atoms with Crippen molar-refractivity contribution in [1.29, 1.82) is 0 Å². The number of rotatable bonds is 2. The number of Topliss-reactive ketones (excluding diaryl/α,β-unsaturated/α-hetero) is 1. The fourth-order valence-corrected chi connectivity index (χ4v) is 1.17. The molecule has 10 heavy (non-hydrogen) atoms. The minimum absolute atomic E-state index is 0.0127. The molecule has 1 aliphatic carbocycles. The Morgan fingerprint density at radius 2 is 2.00 bits per heavy atom. The Morgan fingerprint density at radius 3 is 2.10 bits per heavy atom. The van der Waals surface area contributed by atoms with Crippen molar-refractivity contribution < 1.29 is 9.90 Å². The number of carbonyl (C=O) groups is 1. The van der Waals surface area contributed by atoms with E-state index in [-0.39, 0.29) is 11.7 Å². The van der Waals surface area contributed by atoms with Crippen LogP contribution < -0.4 is 0 Å². The average Bonchev–Trinajstić information content (AvgIpc) is 1.57. The largest absolute Gasteiger partial charge is 0.383 e. The Balaban J connectivity index is 2.48. The third-order valence-electron chi connectivity index (χ3n) is 2.08. The third kappa shape index (κ3) is 1.37. The van der Waals surface area contributed by atoms with Crippen LogP contribution in [0.25, 0.3) is 0 Å². The van der Waals surface area contributed by atoms with Crippen LogP contribution in [0.4, 0.5) is 0 Å². The summed E-state index contributed by atoms with van der Waals surface area (Å²) < 4.78 is 0. The molecule has 0 unspecified atom stereocenters. The SMILES string of the molecule is CC(C)(O)C(=O)C1CCC1. The van der Waals surface area contributed by atoms with E-state index in [1.807, 2.05) is 0 Å². The standard InChI is InChI=1S/C8H14O2/c1-8(2,10)7(9)6-4-3-5-6/h6,10H,3-5H2,1-2H3. The molecule has 58 valence electrons. The molecular formula is C8H14O2. The van der Waals surface area contributed by atoms with E-state index < -0.39 is 5.60 Å². The average molecular weight is 142 g/mol. The van der Waals surface area contributed by atoms with Gasteiger partial charge in [-0.2, -0.15) is 0 Å². The predicted octanol–water partition coefficient (Wildman–Crippen LogP) is 1.13. The van der Waals surface area contributed by atoms with Crippen LogP contribution in [0.1, 0.15) is 33.1 Å². The lowest BCUT2D eigenvalue weighted by Gasteiger charge is -2.29. The third-order valence-corrected chi connectivity index (χ3v) is 2.08. The molecule has 0 amide bonds. The first kappa shape index (κ1) is 7.73. The summed E-state index contributed by atoms with van der Waals surface area (Å²) in [6, 6.07) is 0. The molecule has 0 aliphatic heterocycles. The number of carbonyl (C=O) groups excluding carboxylic acids is 1. The predicted molar refractivity (Wildman–Crippen MR) is 38.6 cm³/mol. The number of hydrogen-bond donors (Lipinski definition) is 1. The molecule has 0 aromatic heterocycles. The van der Waals surface area contributed by atoms with Crippen molar-refractivity contribution in [3.05, 3.63) is 0 Å². The van der Waals surface area contributed by atoms with Gasteiger partial charge < -0.3 is 5.11 Å². The van der Waals surface area contributed by atoms with Crippen LogP contribution >= 0.6 is 0 Å². The first-order chi connectivity index (χ1) is 4.52. The molecule has 0 aromatic rings. The second-order valence-corrected chi connectivity index (χ2v) is 3.55. The van der Waals surface area contributed by atoms with Gasteiger partial charge in [-0.05, 0) is 26.7 Å². The molecule has 2 nitrogen and oxygen atoms in total. The summed E-state index contributed by atoms with van der Waals surface area (Å²) in [6.07, 6.45) is 3.10. The molecule has 0 radical (unpaired) electrons. The monoisotopic (exact) mass is 142 g/mol. The molecule has 2 heteroatoms. The summed E-state index contributed by atoms with van der Waals surface area (Å²) >= 11 is 0. The molecule has 0 saturated heterocycles. The Kier molecular flexibility index (Phi) is 1.82. The zero-order valence-electron chi connectivity index (χ0n) is 6.55. The van der Waals surface area contributed by atoms with Gasteiger partial charge in [0.15, 0.2) is 5.78 Å². The van der Waals surface area contributed by atoms with E-state index in [0.717, 1.165) is 19.3 Å². The zero-order valence-corrected chi connectivity index (χ0v) is 6.55. The molecule has 0 aromatic carbocycles. The second-order valence-electron chi connectivity index (χ2n) is 3.55. The van der Waals surface area contributed by atoms with Gasteiger partial charge in [-0.25, -0.2) is 0 Å². The molecule has 0 atom stereocenters. The molecule has 1 N–H and O–H groups in total. The summed E-state index contributed by atoms with van der Waals surface area (Å²) in [6.45, 7) is 3.13. The van der Waals surface area contributed by atoms with Gasteiger partial charge in [-0.1, -0.05) is 6.42 Å². The van der Waals surface area contributed by atoms with Gasteiger partial charge in [0.25, 0.3) is 0 Å². The van der Waals surface area contributed by atoms with E-state index in [9.17, 15) is 9.90 Å². The smallest absolute Gasteiger partial charge is 0.166 e. The lowest BCUT2D eigenvalue weighted by Crippen LogP contribution is -2.39. The molecule has 1 aliphatic rings. The maximum atomic E-state index is 11.2. The van der Waals surface area contributed by atoms with E-state index >= 15 is 0 Å². The topological polar surface area (TPSA) is 37.3 Å². The van der Waals surface area contributed by atoms with Crippen molar-refractivity contribution in [1.82, 2.24) is 0 Å². The summed E-state index contributed by atoms with van der Waals surface area (Å²) in [5, 5.41) is 9.27. The Labute approximate surface area is 61.2 Å². The molecular weight excluding hydrogens is 128 g/mol. The van der Waals surface area contributed by atoms with Crippen LogP contribution in [0.15, 0.2) is 0 Å². The van der Waals surface area contributed by atoms with Crippen LogP contribution in [0, 0.1) is 5.92 Å². The van der Waals surface area contributed by atoms with Crippen LogP contribution in [0.3, 0.4) is 0 Å². The van der Waals surface area contributed by atoms with Crippen LogP contribution in [-0.4, -0.2) is 16.5 Å². The molecule has 0 bridgehead atoms. The van der Waals surface area contributed by atoms with E-state index in [0.29, 0.717) is 0 Å². The van der Waals surface area contributed by atoms with Crippen molar-refractivity contribution in [3.8, 4) is 0 Å². The highest BCUT2D eigenvalue weighted by Crippen LogP contribution is 2.30. The van der Waals surface area contributed by atoms with E-state index in [1.165, 1.54) is 0 Å². The Morgan fingerprint density at radius 1 is 1.50 bits per heavy atom. The number of ketones is 1. The number of aliphatic hydroxyl groups is 1. The zero-order chi connectivity index (χ0) is 7.78. The van der Waals surface area contributed by atoms with E-state index in [4.69, 9.17) is 0 Å². The normalized spacial score (nSPS) is 20.3. The first-order valence-corrected chi connectivity index (χ1v) is 3.78. The van der Waals surface area contributed by atoms with Gasteiger partial charge in [0.05, 0.1) is 0 Å². The van der Waals surface area contributed by atoms with E-state index in [1.54, 1.807) is 13.8 Å². The van der Waals surface area contributed by atoms with Gasteiger partial charge in [0.1, 0.15) is 5.60 Å². The molecule has 1 saturated carbocycles. The van der Waals surface area contributed by atoms with Gasteiger partial charge in [-0.3, -0.25) is 4.79 Å². The lowest BCUT2D eigenvalue weighted by atomic mass is 9.77. The maximum Gasteiger partial charge on any atom is 0.166 e. The molecule has 1 fully saturated rings. The first-order valence-electron chi connectivity index (χ1n) is 3.78. The summed E-state index contributed by atoms with van der Waals surface area (Å²) in [4.78, 5) is 11.2. The molecule has 0 heterocycles. The Bertz CT molecular complexity index is 140. The maximum absolute atomic E-state index is 11.2. The second kappa shape index (κ2) is 2.35. The minimum atomic E-state index is -1.11. The number of hydrogen-bond acceptors (Lipinski definition) is 2. The summed E-state index contributed by atoms with van der Waals surface area (Å²) in [5.41, 5.74) is -1.11. The van der Waals surface area contributed by atoms with Crippen molar-refractivity contribution in [2.75, 3.05) is 0 Å². The van der Waals surface area contributed by atoms with Gasteiger partial charge in [-0.15, -0.1) is 0 Å². The van der Waals surface area contributed by atoms with Crippen molar-refractivity contribution in [2.24, 2.45) is 5.92 Å². The minimum Gasteiger partial charge on any atom is -0.383 e. The van der Waals surface area contributed by atoms with Gasteiger partial charge in [0, 0.05) is 5.92 Å². The highest BCUT2D eigenvalue weighted by molar-refractivity contribution is 5.88.